The second-order valence-electron chi connectivity index (χ2n) is 18.2. The van der Waals surface area contributed by atoms with Crippen molar-refractivity contribution >= 4 is 33.7 Å². The summed E-state index contributed by atoms with van der Waals surface area (Å²) >= 11 is 0. The lowest BCUT2D eigenvalue weighted by atomic mass is 9.64. The predicted octanol–water partition coefficient (Wildman–Crippen LogP) is 11.8. The van der Waals surface area contributed by atoms with E-state index >= 15 is 0 Å². The summed E-state index contributed by atoms with van der Waals surface area (Å²) in [5.74, 6) is -0.923. The Balaban J connectivity index is 1.12. The maximum atomic E-state index is 13.5. The topological polar surface area (TPSA) is 78.4 Å². The van der Waals surface area contributed by atoms with E-state index in [9.17, 15) is 9.59 Å². The van der Waals surface area contributed by atoms with Crippen LogP contribution in [0.4, 0.5) is 0 Å². The van der Waals surface area contributed by atoms with Crippen LogP contribution in [0.3, 0.4) is 0 Å². The van der Waals surface area contributed by atoms with Crippen molar-refractivity contribution in [3.63, 3.8) is 0 Å². The maximum absolute atomic E-state index is 13.5. The fraction of sp³-hybridized carbons (Fsp3) is 0.400. The molecule has 10 rings (SSSR count). The number of allylic oxidation sites excluding steroid dienone is 16. The number of aromatic nitrogens is 2. The van der Waals surface area contributed by atoms with Crippen LogP contribution in [0.2, 0.25) is 0 Å². The molecule has 2 aliphatic heterocycles. The van der Waals surface area contributed by atoms with Crippen LogP contribution in [-0.2, 0) is 9.47 Å². The number of nitrogens with zero attached hydrogens (tertiary/aromatic N) is 2. The van der Waals surface area contributed by atoms with Crippen molar-refractivity contribution in [2.75, 3.05) is 13.2 Å². The molecule has 56 heavy (non-hydrogen) atoms. The van der Waals surface area contributed by atoms with Gasteiger partial charge in [-0.3, -0.25) is 0 Å². The molecule has 7 aliphatic rings. The van der Waals surface area contributed by atoms with Gasteiger partial charge in [-0.25, -0.2) is 19.6 Å². The highest BCUT2D eigenvalue weighted by Crippen LogP contribution is 2.58. The molecule has 1 fully saturated rings. The predicted molar refractivity (Wildman–Crippen MR) is 223 cm³/mol. The van der Waals surface area contributed by atoms with E-state index in [4.69, 9.17) is 19.4 Å². The second kappa shape index (κ2) is 13.2. The average Bonchev–Trinajstić information content (AvgIpc) is 4.04. The molecule has 0 amide bonds. The largest absolute Gasteiger partial charge is 0.461 e. The number of rotatable bonds is 0. The summed E-state index contributed by atoms with van der Waals surface area (Å²) in [6, 6.07) is 11.1. The Hall–Kier alpha value is -5.10. The first-order chi connectivity index (χ1) is 26.8. The number of fused-ring (bicyclic) bond motifs is 8. The smallest absolute Gasteiger partial charge is 0.356 e. The van der Waals surface area contributed by atoms with E-state index in [0.29, 0.717) is 23.9 Å². The third kappa shape index (κ3) is 5.90. The van der Waals surface area contributed by atoms with E-state index in [1.54, 1.807) is 12.1 Å². The number of hydrogen-bond donors (Lipinski definition) is 0. The third-order valence-corrected chi connectivity index (χ3v) is 14.6. The minimum Gasteiger partial charge on any atom is -0.461 e. The monoisotopic (exact) mass is 744 g/mol. The summed E-state index contributed by atoms with van der Waals surface area (Å²) < 4.78 is 11.9. The first-order valence-electron chi connectivity index (χ1n) is 20.4. The molecule has 0 unspecified atom stereocenters. The quantitative estimate of drug-likeness (QED) is 0.168. The molecular formula is C50H52N2O4. The zero-order valence-corrected chi connectivity index (χ0v) is 33.7. The summed E-state index contributed by atoms with van der Waals surface area (Å²) in [4.78, 5) is 36.6. The minimum absolute atomic E-state index is 0.116. The number of carbonyl (C=O) groups excluding carboxylic acids is 2. The van der Waals surface area contributed by atoms with Crippen molar-refractivity contribution in [1.82, 2.24) is 9.97 Å². The van der Waals surface area contributed by atoms with Gasteiger partial charge < -0.3 is 9.47 Å². The summed E-state index contributed by atoms with van der Waals surface area (Å²) in [5, 5.41) is 1.66. The first kappa shape index (κ1) is 36.5. The van der Waals surface area contributed by atoms with Gasteiger partial charge in [0.05, 0.1) is 24.2 Å². The zero-order chi connectivity index (χ0) is 39.0. The Morgan fingerprint density at radius 2 is 0.750 bits per heavy atom. The van der Waals surface area contributed by atoms with Gasteiger partial charge in [0.25, 0.3) is 0 Å². The van der Waals surface area contributed by atoms with Gasteiger partial charge in [-0.05, 0) is 63.5 Å². The first-order valence-corrected chi connectivity index (χ1v) is 20.4. The molecule has 14 bridgehead atoms. The molecule has 286 valence electrons. The highest BCUT2D eigenvalue weighted by atomic mass is 16.5. The molecule has 3 aromatic rings. The van der Waals surface area contributed by atoms with Gasteiger partial charge in [0.2, 0.25) is 0 Å². The SMILES string of the molecule is CC1(C)C2=CC=C(C2)C2(C)CCCOC(=O)c3ccc4ccc5ccc(nc5c4n3)C(=O)OCCCC(C)(C3=CC=C1C3)C1=CC=C(C1)C(C)(C)C1=CC=C2C1. The standard InChI is InChI=1S/C50H52N2O4/c1-47(2)33-13-17-37(27-33)49(5)23-7-25-55-45(53)41-21-11-31-9-10-32-12-22-42(52-44(32)43(31)51-41)46(54)56-26-8-24-50(6,38-18-14-34(47)28-38)40-20-16-36(30-40)48(3,4)35-15-19-39(49)29-35/h9-22H,7-8,23-30H2,1-6H3. The molecule has 0 atom stereocenters. The molecule has 6 heteroatoms. The van der Waals surface area contributed by atoms with Crippen LogP contribution in [0.5, 0.6) is 0 Å². The fourth-order valence-electron chi connectivity index (χ4n) is 10.1. The van der Waals surface area contributed by atoms with Crippen molar-refractivity contribution in [2.24, 2.45) is 21.7 Å². The third-order valence-electron chi connectivity index (χ3n) is 14.6. The van der Waals surface area contributed by atoms with Crippen LogP contribution >= 0.6 is 0 Å². The number of ether oxygens (including phenoxy) is 2. The van der Waals surface area contributed by atoms with E-state index in [1.807, 2.05) is 24.3 Å². The average molecular weight is 745 g/mol. The van der Waals surface area contributed by atoms with Crippen molar-refractivity contribution in [3.05, 3.63) is 141 Å². The van der Waals surface area contributed by atoms with Crippen LogP contribution in [0.15, 0.2) is 130 Å². The maximum Gasteiger partial charge on any atom is 0.356 e. The normalized spacial score (nSPS) is 27.3. The fourth-order valence-corrected chi connectivity index (χ4v) is 10.1. The molecule has 0 saturated heterocycles. The van der Waals surface area contributed by atoms with Crippen LogP contribution < -0.4 is 0 Å². The van der Waals surface area contributed by atoms with Gasteiger partial charge in [-0.2, -0.15) is 0 Å². The van der Waals surface area contributed by atoms with Crippen LogP contribution in [0, 0.1) is 21.7 Å². The number of carbonyl (C=O) groups is 2. The minimum atomic E-state index is -0.462. The molecule has 0 radical (unpaired) electrons. The summed E-state index contributed by atoms with van der Waals surface area (Å²) in [5.41, 5.74) is 12.5. The highest BCUT2D eigenvalue weighted by molar-refractivity contribution is 6.05. The molecule has 0 spiro atoms. The van der Waals surface area contributed by atoms with Crippen molar-refractivity contribution in [2.45, 2.75) is 92.9 Å². The molecule has 6 nitrogen and oxygen atoms in total. The number of esters is 2. The van der Waals surface area contributed by atoms with Gasteiger partial charge in [0, 0.05) is 32.4 Å². The Kier molecular flexibility index (Phi) is 8.64. The van der Waals surface area contributed by atoms with Gasteiger partial charge in [-0.1, -0.05) is 159 Å². The van der Waals surface area contributed by atoms with E-state index in [2.05, 4.69) is 90.2 Å². The van der Waals surface area contributed by atoms with Gasteiger partial charge in [0.15, 0.2) is 0 Å². The van der Waals surface area contributed by atoms with E-state index in [0.717, 1.165) is 49.3 Å². The Bertz CT molecular complexity index is 2240. The van der Waals surface area contributed by atoms with Gasteiger partial charge >= 0.3 is 11.9 Å². The number of hydrogen-bond acceptors (Lipinski definition) is 6. The zero-order valence-electron chi connectivity index (χ0n) is 33.7. The summed E-state index contributed by atoms with van der Waals surface area (Å²) in [7, 11) is 0. The molecule has 4 heterocycles. The van der Waals surface area contributed by atoms with Crippen LogP contribution in [0.1, 0.15) is 114 Å². The van der Waals surface area contributed by atoms with E-state index in [-0.39, 0.29) is 46.3 Å². The number of benzene rings is 1. The van der Waals surface area contributed by atoms with Crippen molar-refractivity contribution < 1.29 is 19.1 Å². The van der Waals surface area contributed by atoms with Crippen LogP contribution in [-0.4, -0.2) is 35.1 Å². The van der Waals surface area contributed by atoms with Crippen molar-refractivity contribution in [3.8, 4) is 0 Å². The summed E-state index contributed by atoms with van der Waals surface area (Å²) in [6.07, 6.45) is 26.0. The van der Waals surface area contributed by atoms with E-state index in [1.165, 1.54) is 44.6 Å². The molecule has 5 aliphatic carbocycles. The lowest BCUT2D eigenvalue weighted by Crippen LogP contribution is -2.27. The number of pyridine rings is 2. The Morgan fingerprint density at radius 3 is 1.09 bits per heavy atom. The molecule has 0 N–H and O–H groups in total. The van der Waals surface area contributed by atoms with Crippen molar-refractivity contribution in [1.29, 1.82) is 0 Å². The molecule has 1 saturated carbocycles. The van der Waals surface area contributed by atoms with Crippen LogP contribution in [0.25, 0.3) is 21.8 Å². The molecule has 2 aromatic heterocycles. The molecular weight excluding hydrogens is 693 g/mol. The molecule has 1 aromatic carbocycles. The Morgan fingerprint density at radius 1 is 0.446 bits per heavy atom. The van der Waals surface area contributed by atoms with E-state index < -0.39 is 11.9 Å². The van der Waals surface area contributed by atoms with Gasteiger partial charge in [0.1, 0.15) is 11.4 Å². The van der Waals surface area contributed by atoms with Gasteiger partial charge in [-0.15, -0.1) is 0 Å². The highest BCUT2D eigenvalue weighted by Gasteiger charge is 2.44. The Labute approximate surface area is 330 Å². The second-order valence-corrected chi connectivity index (χ2v) is 18.2. The summed E-state index contributed by atoms with van der Waals surface area (Å²) in [6.45, 7) is 15.0. The lowest BCUT2D eigenvalue weighted by Gasteiger charge is -2.39. The lowest BCUT2D eigenvalue weighted by molar-refractivity contribution is 0.0475.